The molecule has 84 valence electrons. The first kappa shape index (κ1) is 12.8. The highest BCUT2D eigenvalue weighted by atomic mass is 14.7. The Morgan fingerprint density at radius 1 is 0.833 bits per heavy atom. The number of hydrogen-bond donors (Lipinski definition) is 1. The fourth-order valence-electron chi connectivity index (χ4n) is 1.15. The Bertz CT molecular complexity index is 608. The fraction of sp³-hybridized carbons (Fsp3) is 0.0769. The first-order valence-corrected chi connectivity index (χ1v) is 4.88. The molecule has 2 rings (SSSR count). The molecule has 0 aliphatic heterocycles. The third kappa shape index (κ3) is 2.64. The number of benzene rings is 1. The molecule has 0 bridgehead atoms. The van der Waals surface area contributed by atoms with Gasteiger partial charge in [0, 0.05) is 11.7 Å². The molecule has 0 saturated heterocycles. The van der Waals surface area contributed by atoms with Crippen molar-refractivity contribution in [2.75, 3.05) is 0 Å². The second-order valence-electron chi connectivity index (χ2n) is 3.26. The highest BCUT2D eigenvalue weighted by Crippen LogP contribution is 2.09. The Balaban J connectivity index is 0.000000180. The highest BCUT2D eigenvalue weighted by molar-refractivity contribution is 5.78. The molecule has 0 atom stereocenters. The van der Waals surface area contributed by atoms with E-state index >= 15 is 0 Å². The van der Waals surface area contributed by atoms with Crippen molar-refractivity contribution in [1.29, 1.82) is 21.0 Å². The zero-order valence-corrected chi connectivity index (χ0v) is 9.25. The Morgan fingerprint density at radius 2 is 1.39 bits per heavy atom. The van der Waals surface area contributed by atoms with Crippen molar-refractivity contribution in [3.8, 4) is 24.3 Å². The molecule has 0 amide bonds. The van der Waals surface area contributed by atoms with Crippen molar-refractivity contribution in [1.82, 2.24) is 4.98 Å². The first-order chi connectivity index (χ1) is 8.71. The zero-order chi connectivity index (χ0) is 13.4. The molecule has 1 heterocycles. The average Bonchev–Trinajstić information content (AvgIpc) is 2.91. The summed E-state index contributed by atoms with van der Waals surface area (Å²) in [5.41, 5.74) is -0.905. The molecule has 2 aromatic rings. The minimum absolute atomic E-state index is 1.21. The molecule has 1 N–H and O–H groups in total. The van der Waals surface area contributed by atoms with Crippen LogP contribution in [0.4, 0.5) is 0 Å². The number of para-hydroxylation sites is 1. The number of rotatable bonds is 0. The van der Waals surface area contributed by atoms with Crippen molar-refractivity contribution in [3.63, 3.8) is 0 Å². The van der Waals surface area contributed by atoms with E-state index in [4.69, 9.17) is 21.0 Å². The van der Waals surface area contributed by atoms with Crippen LogP contribution in [0.25, 0.3) is 10.9 Å². The van der Waals surface area contributed by atoms with Crippen molar-refractivity contribution in [2.45, 2.75) is 0 Å². The third-order valence-electron chi connectivity index (χ3n) is 2.13. The van der Waals surface area contributed by atoms with Crippen LogP contribution in [0.2, 0.25) is 0 Å². The van der Waals surface area contributed by atoms with E-state index in [2.05, 4.69) is 23.2 Å². The summed E-state index contributed by atoms with van der Waals surface area (Å²) in [6, 6.07) is 15.4. The van der Waals surface area contributed by atoms with Crippen LogP contribution in [0.5, 0.6) is 0 Å². The third-order valence-corrected chi connectivity index (χ3v) is 2.13. The van der Waals surface area contributed by atoms with Crippen LogP contribution >= 0.6 is 0 Å². The van der Waals surface area contributed by atoms with Crippen LogP contribution in [0.3, 0.4) is 0 Å². The minimum atomic E-state index is -2.11. The van der Waals surface area contributed by atoms with Gasteiger partial charge in [-0.15, -0.1) is 0 Å². The number of fused-ring (bicyclic) bond motifs is 1. The van der Waals surface area contributed by atoms with E-state index in [1.165, 1.54) is 35.2 Å². The summed E-state index contributed by atoms with van der Waals surface area (Å²) >= 11 is 0. The van der Waals surface area contributed by atoms with E-state index in [1.807, 2.05) is 18.3 Å². The Labute approximate surface area is 104 Å². The Kier molecular flexibility index (Phi) is 4.06. The average molecular weight is 233 g/mol. The van der Waals surface area contributed by atoms with Gasteiger partial charge in [0.1, 0.15) is 24.3 Å². The predicted octanol–water partition coefficient (Wildman–Crippen LogP) is 2.24. The Morgan fingerprint density at radius 3 is 1.83 bits per heavy atom. The van der Waals surface area contributed by atoms with Gasteiger partial charge in [-0.05, 0) is 17.5 Å². The summed E-state index contributed by atoms with van der Waals surface area (Å²) in [5, 5.41) is 33.5. The lowest BCUT2D eigenvalue weighted by atomic mass is 9.97. The van der Waals surface area contributed by atoms with E-state index in [9.17, 15) is 0 Å². The number of H-pyrrole nitrogens is 1. The second-order valence-corrected chi connectivity index (χ2v) is 3.26. The van der Waals surface area contributed by atoms with Gasteiger partial charge in [0.25, 0.3) is 0 Å². The monoisotopic (exact) mass is 233 g/mol. The maximum Gasteiger partial charge on any atom is 0.312 e. The van der Waals surface area contributed by atoms with Gasteiger partial charge >= 0.3 is 5.41 Å². The summed E-state index contributed by atoms with van der Waals surface area (Å²) in [5.74, 6) is 0. The van der Waals surface area contributed by atoms with Crippen molar-refractivity contribution in [3.05, 3.63) is 36.5 Å². The molecule has 18 heavy (non-hydrogen) atoms. The van der Waals surface area contributed by atoms with Gasteiger partial charge in [-0.25, -0.2) is 0 Å². The zero-order valence-electron chi connectivity index (χ0n) is 9.25. The lowest BCUT2D eigenvalue weighted by molar-refractivity contribution is 0.893. The molecule has 0 aliphatic rings. The van der Waals surface area contributed by atoms with Crippen LogP contribution in [0.15, 0.2) is 36.5 Å². The molecule has 0 spiro atoms. The van der Waals surface area contributed by atoms with E-state index in [-0.39, 0.29) is 0 Å². The highest BCUT2D eigenvalue weighted by Gasteiger charge is 2.28. The molecule has 0 fully saturated rings. The molecule has 5 nitrogen and oxygen atoms in total. The maximum atomic E-state index is 8.06. The standard InChI is InChI=1S/C8H7N.C5N4/c1-2-4-8-7(3-1)5-6-9-8;6-1-5(2-7,3-8)4-9/h1-6,9H;. The predicted molar refractivity (Wildman–Crippen MR) is 63.2 cm³/mol. The lowest BCUT2D eigenvalue weighted by Gasteiger charge is -1.89. The molecule has 0 saturated carbocycles. The fourth-order valence-corrected chi connectivity index (χ4v) is 1.15. The number of hydrogen-bond acceptors (Lipinski definition) is 4. The number of nitrogens with zero attached hydrogens (tertiary/aromatic N) is 4. The summed E-state index contributed by atoms with van der Waals surface area (Å²) in [4.78, 5) is 3.12. The summed E-state index contributed by atoms with van der Waals surface area (Å²) in [7, 11) is 0. The van der Waals surface area contributed by atoms with Gasteiger partial charge < -0.3 is 4.98 Å². The molecule has 0 unspecified atom stereocenters. The van der Waals surface area contributed by atoms with Crippen molar-refractivity contribution in [2.24, 2.45) is 5.41 Å². The summed E-state index contributed by atoms with van der Waals surface area (Å²) < 4.78 is 0. The summed E-state index contributed by atoms with van der Waals surface area (Å²) in [6.07, 6.45) is 1.95. The van der Waals surface area contributed by atoms with E-state index in [1.54, 1.807) is 0 Å². The van der Waals surface area contributed by atoms with Crippen molar-refractivity contribution >= 4 is 10.9 Å². The minimum Gasteiger partial charge on any atom is -0.361 e. The van der Waals surface area contributed by atoms with Gasteiger partial charge in [-0.2, -0.15) is 21.0 Å². The van der Waals surface area contributed by atoms with Gasteiger partial charge in [0.15, 0.2) is 0 Å². The normalized spacial score (nSPS) is 8.89. The maximum absolute atomic E-state index is 8.06. The molecule has 5 heteroatoms. The molecular weight excluding hydrogens is 226 g/mol. The number of nitrogens with one attached hydrogen (secondary N) is 1. The smallest absolute Gasteiger partial charge is 0.312 e. The van der Waals surface area contributed by atoms with Crippen LogP contribution in [-0.2, 0) is 0 Å². The van der Waals surface area contributed by atoms with Crippen LogP contribution in [-0.4, -0.2) is 4.98 Å². The number of nitriles is 4. The van der Waals surface area contributed by atoms with Crippen LogP contribution in [0, 0.1) is 50.7 Å². The lowest BCUT2D eigenvalue weighted by Crippen LogP contribution is -2.08. The quantitative estimate of drug-likeness (QED) is 0.751. The van der Waals surface area contributed by atoms with Gasteiger partial charge in [-0.1, -0.05) is 18.2 Å². The molecular formula is C13H7N5. The topological polar surface area (TPSA) is 111 Å². The van der Waals surface area contributed by atoms with Crippen LogP contribution < -0.4 is 0 Å². The SMILES string of the molecule is N#CC(C#N)(C#N)C#N.c1ccc2[nH]ccc2c1. The van der Waals surface area contributed by atoms with Gasteiger partial charge in [-0.3, -0.25) is 0 Å². The molecule has 1 aromatic heterocycles. The van der Waals surface area contributed by atoms with Crippen LogP contribution in [0.1, 0.15) is 0 Å². The summed E-state index contributed by atoms with van der Waals surface area (Å²) in [6.45, 7) is 0. The number of aromatic nitrogens is 1. The van der Waals surface area contributed by atoms with Crippen molar-refractivity contribution < 1.29 is 0 Å². The van der Waals surface area contributed by atoms with E-state index in [0.717, 1.165) is 0 Å². The number of aromatic amines is 1. The molecule has 0 radical (unpaired) electrons. The molecule has 0 aliphatic carbocycles. The largest absolute Gasteiger partial charge is 0.361 e. The van der Waals surface area contributed by atoms with E-state index in [0.29, 0.717) is 0 Å². The first-order valence-electron chi connectivity index (χ1n) is 4.88. The van der Waals surface area contributed by atoms with E-state index < -0.39 is 5.41 Å². The second kappa shape index (κ2) is 5.71. The van der Waals surface area contributed by atoms with Gasteiger partial charge in [0.2, 0.25) is 0 Å². The Hall–Kier alpha value is -3.28. The van der Waals surface area contributed by atoms with Gasteiger partial charge in [0.05, 0.1) is 0 Å². The molecule has 1 aromatic carbocycles.